The van der Waals surface area contributed by atoms with Gasteiger partial charge in [0.15, 0.2) is 5.69 Å². The molecule has 1 atom stereocenters. The standard InChI is InChI=1S/C35H37N5O5S/c1-22(2)45-33(43)26-11-13-28(14-12-26)37-34(44)40(31(32(36)42)17-25-9-15-30(41)16-10-25)21-29-20-38-18-24(4)46-35(38)39(29)19-27-8-6-5-7-23(27)3/h5-16,18,20,22,31H,17,19,21H2,1-4H3,(H3-,36,37,41,42,43,44)/p+1/t31-/m0/s1. The Hall–Kier alpha value is -5.16. The van der Waals surface area contributed by atoms with E-state index in [1.54, 1.807) is 61.6 Å². The lowest BCUT2D eigenvalue weighted by Crippen LogP contribution is -2.50. The molecule has 238 valence electrons. The van der Waals surface area contributed by atoms with Gasteiger partial charge in [-0.1, -0.05) is 47.7 Å². The van der Waals surface area contributed by atoms with Crippen LogP contribution < -0.4 is 15.5 Å². The van der Waals surface area contributed by atoms with Crippen molar-refractivity contribution < 1.29 is 28.6 Å². The van der Waals surface area contributed by atoms with Crippen LogP contribution in [0.4, 0.5) is 10.5 Å². The fraction of sp³-hybridized carbons (Fsp3) is 0.257. The van der Waals surface area contributed by atoms with Gasteiger partial charge >= 0.3 is 17.0 Å². The molecule has 2 aromatic heterocycles. The predicted octanol–water partition coefficient (Wildman–Crippen LogP) is 5.35. The molecular weight excluding hydrogens is 602 g/mol. The van der Waals surface area contributed by atoms with Crippen LogP contribution in [0.5, 0.6) is 5.75 Å². The Morgan fingerprint density at radius 1 is 1.00 bits per heavy atom. The number of thiazole rings is 1. The Balaban J connectivity index is 1.51. The molecule has 0 aliphatic heterocycles. The van der Waals surface area contributed by atoms with Crippen LogP contribution >= 0.6 is 11.3 Å². The number of rotatable bonds is 11. The summed E-state index contributed by atoms with van der Waals surface area (Å²) in [5.41, 5.74) is 10.6. The van der Waals surface area contributed by atoms with E-state index in [1.807, 2.05) is 35.9 Å². The van der Waals surface area contributed by atoms with Crippen molar-refractivity contribution in [2.75, 3.05) is 5.32 Å². The second-order valence-electron chi connectivity index (χ2n) is 11.5. The number of primary amides is 1. The molecule has 0 unspecified atom stereocenters. The molecule has 5 aromatic rings. The zero-order chi connectivity index (χ0) is 33.0. The largest absolute Gasteiger partial charge is 0.508 e. The number of ether oxygens (including phenoxy) is 1. The van der Waals surface area contributed by atoms with E-state index in [4.69, 9.17) is 10.5 Å². The molecule has 11 heteroatoms. The van der Waals surface area contributed by atoms with Gasteiger partial charge in [-0.15, -0.1) is 0 Å². The summed E-state index contributed by atoms with van der Waals surface area (Å²) in [6, 6.07) is 19.4. The van der Waals surface area contributed by atoms with Gasteiger partial charge in [-0.3, -0.25) is 4.79 Å². The lowest BCUT2D eigenvalue weighted by atomic mass is 10.0. The molecule has 0 bridgehead atoms. The van der Waals surface area contributed by atoms with Crippen molar-refractivity contribution in [2.45, 2.75) is 59.4 Å². The minimum absolute atomic E-state index is 0.0790. The first-order valence-electron chi connectivity index (χ1n) is 15.0. The highest BCUT2D eigenvalue weighted by atomic mass is 32.1. The van der Waals surface area contributed by atoms with Gasteiger partial charge in [0.05, 0.1) is 18.2 Å². The molecule has 5 rings (SSSR count). The van der Waals surface area contributed by atoms with E-state index in [2.05, 4.69) is 28.9 Å². The van der Waals surface area contributed by atoms with E-state index < -0.39 is 23.9 Å². The monoisotopic (exact) mass is 640 g/mol. The van der Waals surface area contributed by atoms with Crippen molar-refractivity contribution >= 4 is 39.9 Å². The van der Waals surface area contributed by atoms with Crippen LogP contribution in [0.2, 0.25) is 0 Å². The van der Waals surface area contributed by atoms with Crippen molar-refractivity contribution in [1.82, 2.24) is 9.47 Å². The van der Waals surface area contributed by atoms with Gasteiger partial charge in [-0.25, -0.2) is 14.2 Å². The maximum atomic E-state index is 14.1. The maximum absolute atomic E-state index is 14.1. The first-order valence-corrected chi connectivity index (χ1v) is 15.8. The Morgan fingerprint density at radius 3 is 2.35 bits per heavy atom. The lowest BCUT2D eigenvalue weighted by molar-refractivity contribution is -0.506. The molecular formula is C35H38N5O5S+. The Bertz CT molecular complexity index is 1860. The Labute approximate surface area is 271 Å². The number of imidazole rings is 1. The number of aromatic hydroxyl groups is 1. The third-order valence-corrected chi connectivity index (χ3v) is 8.67. The number of benzene rings is 3. The number of amides is 3. The van der Waals surface area contributed by atoms with Gasteiger partial charge < -0.3 is 25.8 Å². The quantitative estimate of drug-likeness (QED) is 0.132. The van der Waals surface area contributed by atoms with E-state index in [0.29, 0.717) is 17.8 Å². The zero-order valence-corrected chi connectivity index (χ0v) is 27.1. The SMILES string of the molecule is Cc1c[n+]2cc(CN(C(=O)Nc3ccc(C(=O)OC(C)C)cc3)[C@@H](Cc3ccc(O)cc3)C(N)=O)n(Cc3ccccc3C)c2s1. The molecule has 0 radical (unpaired) electrons. The number of carbonyl (C=O) groups is 3. The number of nitrogens with two attached hydrogens (primary N) is 1. The summed E-state index contributed by atoms with van der Waals surface area (Å²) in [6.07, 6.45) is 3.89. The lowest BCUT2D eigenvalue weighted by Gasteiger charge is -2.29. The van der Waals surface area contributed by atoms with Crippen LogP contribution in [0.15, 0.2) is 85.2 Å². The first kappa shape index (κ1) is 32.2. The molecule has 10 nitrogen and oxygen atoms in total. The number of esters is 1. The van der Waals surface area contributed by atoms with E-state index in [9.17, 15) is 19.5 Å². The third-order valence-electron chi connectivity index (χ3n) is 7.63. The number of nitrogens with zero attached hydrogens (tertiary/aromatic N) is 3. The number of aryl methyl sites for hydroxylation is 2. The van der Waals surface area contributed by atoms with E-state index >= 15 is 0 Å². The first-order chi connectivity index (χ1) is 22.0. The van der Waals surface area contributed by atoms with Crippen LogP contribution in [0.25, 0.3) is 4.96 Å². The minimum atomic E-state index is -1.02. The molecule has 2 heterocycles. The topological polar surface area (TPSA) is 131 Å². The number of hydrogen-bond donors (Lipinski definition) is 3. The van der Waals surface area contributed by atoms with Gasteiger partial charge in [-0.05, 0) is 80.8 Å². The summed E-state index contributed by atoms with van der Waals surface area (Å²) in [7, 11) is 0. The number of hydrogen-bond acceptors (Lipinski definition) is 6. The predicted molar refractivity (Wildman–Crippen MR) is 177 cm³/mol. The second kappa shape index (κ2) is 13.9. The van der Waals surface area contributed by atoms with Crippen LogP contribution in [0.3, 0.4) is 0 Å². The molecule has 0 aliphatic rings. The summed E-state index contributed by atoms with van der Waals surface area (Å²) in [6.45, 7) is 8.31. The highest BCUT2D eigenvalue weighted by Crippen LogP contribution is 2.23. The molecule has 0 saturated carbocycles. The number of nitrogens with one attached hydrogen (secondary N) is 1. The molecule has 46 heavy (non-hydrogen) atoms. The van der Waals surface area contributed by atoms with Crippen molar-refractivity contribution in [2.24, 2.45) is 5.73 Å². The highest BCUT2D eigenvalue weighted by Gasteiger charge is 2.33. The molecule has 3 aromatic carbocycles. The van der Waals surface area contributed by atoms with Crippen molar-refractivity contribution in [3.8, 4) is 5.75 Å². The third kappa shape index (κ3) is 7.55. The number of carbonyl (C=O) groups excluding carboxylic acids is 3. The maximum Gasteiger partial charge on any atom is 0.346 e. The molecule has 0 spiro atoms. The van der Waals surface area contributed by atoms with Crippen molar-refractivity contribution in [3.63, 3.8) is 0 Å². The normalized spacial score (nSPS) is 11.8. The molecule has 0 aliphatic carbocycles. The summed E-state index contributed by atoms with van der Waals surface area (Å²) >= 11 is 1.64. The Morgan fingerprint density at radius 2 is 1.70 bits per heavy atom. The van der Waals surface area contributed by atoms with E-state index in [1.165, 1.54) is 17.0 Å². The highest BCUT2D eigenvalue weighted by molar-refractivity contribution is 7.16. The van der Waals surface area contributed by atoms with Crippen LogP contribution in [0, 0.1) is 13.8 Å². The number of anilines is 1. The second-order valence-corrected chi connectivity index (χ2v) is 12.8. The molecule has 4 N–H and O–H groups in total. The summed E-state index contributed by atoms with van der Waals surface area (Å²) in [4.78, 5) is 43.0. The van der Waals surface area contributed by atoms with Crippen LogP contribution in [0.1, 0.15) is 51.5 Å². The average molecular weight is 641 g/mol. The van der Waals surface area contributed by atoms with Crippen LogP contribution in [-0.2, 0) is 29.0 Å². The molecule has 0 fully saturated rings. The molecule has 0 saturated heterocycles. The fourth-order valence-electron chi connectivity index (χ4n) is 5.25. The van der Waals surface area contributed by atoms with E-state index in [-0.39, 0.29) is 24.8 Å². The summed E-state index contributed by atoms with van der Waals surface area (Å²) < 4.78 is 9.47. The number of fused-ring (bicyclic) bond motifs is 1. The number of phenols is 1. The summed E-state index contributed by atoms with van der Waals surface area (Å²) in [5, 5.41) is 12.7. The Kier molecular flexibility index (Phi) is 9.72. The zero-order valence-electron chi connectivity index (χ0n) is 26.3. The minimum Gasteiger partial charge on any atom is -0.508 e. The number of urea groups is 1. The van der Waals surface area contributed by atoms with Crippen molar-refractivity contribution in [3.05, 3.63) is 118 Å². The number of aromatic nitrogens is 2. The van der Waals surface area contributed by atoms with Gasteiger partial charge in [0.25, 0.3) is 0 Å². The van der Waals surface area contributed by atoms with Gasteiger partial charge in [0.2, 0.25) is 5.91 Å². The fourth-order valence-corrected chi connectivity index (χ4v) is 6.21. The summed E-state index contributed by atoms with van der Waals surface area (Å²) in [5.74, 6) is -1.03. The smallest absolute Gasteiger partial charge is 0.346 e. The van der Waals surface area contributed by atoms with E-state index in [0.717, 1.165) is 32.2 Å². The average Bonchev–Trinajstić information content (AvgIpc) is 3.52. The van der Waals surface area contributed by atoms with Crippen molar-refractivity contribution in [1.29, 1.82) is 0 Å². The van der Waals surface area contributed by atoms with Crippen LogP contribution in [-0.4, -0.2) is 44.6 Å². The molecule has 3 amide bonds. The van der Waals surface area contributed by atoms with Gasteiger partial charge in [0.1, 0.15) is 30.7 Å². The van der Waals surface area contributed by atoms with Gasteiger partial charge in [0, 0.05) is 17.0 Å². The number of phenolic OH excluding ortho intramolecular Hbond substituents is 1. The van der Waals surface area contributed by atoms with Gasteiger partial charge in [-0.2, -0.15) is 4.40 Å².